The fourth-order valence-corrected chi connectivity index (χ4v) is 2.15. The van der Waals surface area contributed by atoms with Gasteiger partial charge in [-0.3, -0.25) is 4.68 Å². The second-order valence-electron chi connectivity index (χ2n) is 4.11. The van der Waals surface area contributed by atoms with E-state index >= 15 is 0 Å². The van der Waals surface area contributed by atoms with Gasteiger partial charge in [0, 0.05) is 12.2 Å². The molecule has 15 heavy (non-hydrogen) atoms. The Hall–Kier alpha value is -1.04. The molecule has 1 aromatic heterocycles. The molecule has 6 heteroatoms. The lowest BCUT2D eigenvalue weighted by molar-refractivity contribution is 0.578. The number of aromatic nitrogens is 2. The van der Waals surface area contributed by atoms with Crippen molar-refractivity contribution in [3.63, 3.8) is 0 Å². The molecular weight excluding hydrogens is 214 g/mol. The van der Waals surface area contributed by atoms with Crippen molar-refractivity contribution < 1.29 is 8.42 Å². The molecule has 1 saturated carbocycles. The average molecular weight is 229 g/mol. The van der Waals surface area contributed by atoms with Gasteiger partial charge in [-0.15, -0.1) is 0 Å². The molecule has 2 N–H and O–H groups in total. The molecule has 0 aromatic carbocycles. The highest BCUT2D eigenvalue weighted by Gasteiger charge is 2.29. The Morgan fingerprint density at radius 2 is 2.27 bits per heavy atom. The number of nitrogens with zero attached hydrogens (tertiary/aromatic N) is 2. The Morgan fingerprint density at radius 3 is 2.80 bits per heavy atom. The van der Waals surface area contributed by atoms with E-state index in [0.717, 1.165) is 18.5 Å². The highest BCUT2D eigenvalue weighted by Crippen LogP contribution is 2.42. The Bertz CT molecular complexity index is 460. The summed E-state index contributed by atoms with van der Waals surface area (Å²) in [7, 11) is -2.94. The third-order valence-electron chi connectivity index (χ3n) is 2.55. The van der Waals surface area contributed by atoms with Crippen molar-refractivity contribution in [2.75, 3.05) is 17.7 Å². The highest BCUT2D eigenvalue weighted by molar-refractivity contribution is 7.90. The fourth-order valence-electron chi connectivity index (χ4n) is 1.64. The van der Waals surface area contributed by atoms with Crippen molar-refractivity contribution in [1.82, 2.24) is 9.78 Å². The van der Waals surface area contributed by atoms with Crippen LogP contribution in [-0.4, -0.2) is 30.2 Å². The van der Waals surface area contributed by atoms with Crippen LogP contribution in [0.1, 0.15) is 24.5 Å². The van der Waals surface area contributed by atoms with Crippen molar-refractivity contribution in [3.05, 3.63) is 11.9 Å². The molecule has 1 aromatic rings. The summed E-state index contributed by atoms with van der Waals surface area (Å²) in [5.74, 6) is 0.612. The minimum absolute atomic E-state index is 0.119. The van der Waals surface area contributed by atoms with E-state index in [4.69, 9.17) is 5.73 Å². The topological polar surface area (TPSA) is 78.0 Å². The van der Waals surface area contributed by atoms with E-state index < -0.39 is 9.84 Å². The van der Waals surface area contributed by atoms with Crippen molar-refractivity contribution in [2.45, 2.75) is 25.3 Å². The van der Waals surface area contributed by atoms with E-state index in [1.54, 1.807) is 10.9 Å². The maximum Gasteiger partial charge on any atom is 0.149 e. The lowest BCUT2D eigenvalue weighted by Crippen LogP contribution is -2.14. The number of nitrogens with two attached hydrogens (primary N) is 1. The maximum absolute atomic E-state index is 11.0. The molecule has 0 saturated heterocycles. The molecule has 1 aliphatic carbocycles. The largest absolute Gasteiger partial charge is 0.396 e. The zero-order chi connectivity index (χ0) is 11.1. The monoisotopic (exact) mass is 229 g/mol. The minimum atomic E-state index is -2.94. The molecule has 0 amide bonds. The predicted octanol–water partition coefficient (Wildman–Crippen LogP) is 0.387. The van der Waals surface area contributed by atoms with Gasteiger partial charge in [-0.05, 0) is 12.8 Å². The summed E-state index contributed by atoms with van der Waals surface area (Å²) < 4.78 is 23.8. The van der Waals surface area contributed by atoms with E-state index in [2.05, 4.69) is 5.10 Å². The summed E-state index contributed by atoms with van der Waals surface area (Å²) in [6, 6.07) is 0. The van der Waals surface area contributed by atoms with Crippen LogP contribution in [0.5, 0.6) is 0 Å². The molecule has 1 heterocycles. The van der Waals surface area contributed by atoms with Crippen molar-refractivity contribution >= 4 is 15.5 Å². The molecule has 0 aliphatic heterocycles. The van der Waals surface area contributed by atoms with Gasteiger partial charge in [-0.2, -0.15) is 5.10 Å². The van der Waals surface area contributed by atoms with Crippen LogP contribution in [0.2, 0.25) is 0 Å². The average Bonchev–Trinajstić information content (AvgIpc) is 2.87. The normalized spacial score (nSPS) is 16.9. The van der Waals surface area contributed by atoms with Gasteiger partial charge < -0.3 is 5.73 Å². The smallest absolute Gasteiger partial charge is 0.149 e. The van der Waals surface area contributed by atoms with Gasteiger partial charge in [0.1, 0.15) is 9.84 Å². The number of hydrogen-bond acceptors (Lipinski definition) is 4. The van der Waals surface area contributed by atoms with E-state index in [9.17, 15) is 8.42 Å². The van der Waals surface area contributed by atoms with Gasteiger partial charge in [0.25, 0.3) is 0 Å². The minimum Gasteiger partial charge on any atom is -0.396 e. The molecule has 1 fully saturated rings. The van der Waals surface area contributed by atoms with Crippen LogP contribution in [0.15, 0.2) is 6.20 Å². The summed E-state index contributed by atoms with van der Waals surface area (Å²) >= 11 is 0. The number of aryl methyl sites for hydroxylation is 1. The Balaban J connectivity index is 2.14. The Labute approximate surface area is 89.2 Å². The quantitative estimate of drug-likeness (QED) is 0.810. The van der Waals surface area contributed by atoms with Gasteiger partial charge in [0.05, 0.1) is 29.9 Å². The SMILES string of the molecule is CS(=O)(=O)CCn1ncc(N)c1C1CC1. The van der Waals surface area contributed by atoms with Crippen LogP contribution in [0, 0.1) is 0 Å². The lowest BCUT2D eigenvalue weighted by atomic mass is 10.2. The third kappa shape index (κ3) is 2.50. The Kier molecular flexibility index (Phi) is 2.46. The third-order valence-corrected chi connectivity index (χ3v) is 3.47. The fraction of sp³-hybridized carbons (Fsp3) is 0.667. The summed E-state index contributed by atoms with van der Waals surface area (Å²) in [6.07, 6.45) is 5.11. The van der Waals surface area contributed by atoms with E-state index in [1.165, 1.54) is 6.26 Å². The van der Waals surface area contributed by atoms with Crippen LogP contribution in [0.4, 0.5) is 5.69 Å². The van der Waals surface area contributed by atoms with E-state index in [0.29, 0.717) is 18.2 Å². The summed E-state index contributed by atoms with van der Waals surface area (Å²) in [5.41, 5.74) is 7.49. The van der Waals surface area contributed by atoms with Crippen molar-refractivity contribution in [3.8, 4) is 0 Å². The van der Waals surface area contributed by atoms with Crippen LogP contribution in [-0.2, 0) is 16.4 Å². The molecule has 5 nitrogen and oxygen atoms in total. The van der Waals surface area contributed by atoms with Crippen molar-refractivity contribution in [2.24, 2.45) is 0 Å². The van der Waals surface area contributed by atoms with Gasteiger partial charge >= 0.3 is 0 Å². The van der Waals surface area contributed by atoms with Gasteiger partial charge in [-0.25, -0.2) is 8.42 Å². The molecule has 0 unspecified atom stereocenters. The van der Waals surface area contributed by atoms with Gasteiger partial charge in [0.15, 0.2) is 0 Å². The second-order valence-corrected chi connectivity index (χ2v) is 6.37. The molecule has 0 atom stereocenters. The number of hydrogen-bond donors (Lipinski definition) is 1. The molecule has 0 radical (unpaired) electrons. The molecule has 0 bridgehead atoms. The van der Waals surface area contributed by atoms with Gasteiger partial charge in [0.2, 0.25) is 0 Å². The molecule has 84 valence electrons. The van der Waals surface area contributed by atoms with Crippen LogP contribution < -0.4 is 5.73 Å². The summed E-state index contributed by atoms with van der Waals surface area (Å²) in [6.45, 7) is 0.405. The first kappa shape index (κ1) is 10.5. The van der Waals surface area contributed by atoms with Crippen molar-refractivity contribution in [1.29, 1.82) is 0 Å². The second kappa shape index (κ2) is 3.52. The number of sulfone groups is 1. The van der Waals surface area contributed by atoms with E-state index in [-0.39, 0.29) is 5.75 Å². The zero-order valence-electron chi connectivity index (χ0n) is 8.68. The van der Waals surface area contributed by atoms with Crippen LogP contribution in [0.3, 0.4) is 0 Å². The number of rotatable bonds is 4. The summed E-state index contributed by atoms with van der Waals surface area (Å²) in [4.78, 5) is 0. The highest BCUT2D eigenvalue weighted by atomic mass is 32.2. The number of nitrogen functional groups attached to an aromatic ring is 1. The van der Waals surface area contributed by atoms with Crippen LogP contribution >= 0.6 is 0 Å². The molecular formula is C9H15N3O2S. The standard InChI is InChI=1S/C9H15N3O2S/c1-15(13,14)5-4-12-9(7-2-3-7)8(10)6-11-12/h6-7H,2-5,10H2,1H3. The van der Waals surface area contributed by atoms with E-state index in [1.807, 2.05) is 0 Å². The first-order chi connectivity index (χ1) is 6.97. The Morgan fingerprint density at radius 1 is 1.60 bits per heavy atom. The summed E-state index contributed by atoms with van der Waals surface area (Å²) in [5, 5.41) is 4.11. The first-order valence-corrected chi connectivity index (χ1v) is 7.02. The lowest BCUT2D eigenvalue weighted by Gasteiger charge is -2.06. The van der Waals surface area contributed by atoms with Gasteiger partial charge in [-0.1, -0.05) is 0 Å². The molecule has 2 rings (SSSR count). The maximum atomic E-state index is 11.0. The first-order valence-electron chi connectivity index (χ1n) is 4.96. The molecule has 0 spiro atoms. The predicted molar refractivity (Wildman–Crippen MR) is 58.3 cm³/mol. The zero-order valence-corrected chi connectivity index (χ0v) is 9.50. The number of anilines is 1. The molecule has 1 aliphatic rings. The van der Waals surface area contributed by atoms with Crippen LogP contribution in [0.25, 0.3) is 0 Å².